The van der Waals surface area contributed by atoms with Crippen molar-refractivity contribution in [1.29, 1.82) is 0 Å². The van der Waals surface area contributed by atoms with E-state index in [-0.39, 0.29) is 0 Å². The van der Waals surface area contributed by atoms with Crippen LogP contribution in [0.1, 0.15) is 29.5 Å². The van der Waals surface area contributed by atoms with Crippen molar-refractivity contribution < 1.29 is 0 Å². The minimum atomic E-state index is 0.700. The highest BCUT2D eigenvalue weighted by atomic mass is 15.0. The summed E-state index contributed by atoms with van der Waals surface area (Å²) >= 11 is 0. The van der Waals surface area contributed by atoms with E-state index in [9.17, 15) is 0 Å². The molecular weight excluding hydrogens is 779 g/mol. The highest BCUT2D eigenvalue weighted by Gasteiger charge is 2.18. The predicted octanol–water partition coefficient (Wildman–Crippen LogP) is 14.7. The van der Waals surface area contributed by atoms with Crippen molar-refractivity contribution in [3.8, 4) is 33.6 Å². The maximum absolute atomic E-state index is 5.26. The fourth-order valence-corrected chi connectivity index (χ4v) is 9.43. The molecule has 0 bridgehead atoms. The summed E-state index contributed by atoms with van der Waals surface area (Å²) in [7, 11) is 0. The van der Waals surface area contributed by atoms with Crippen LogP contribution in [0.15, 0.2) is 235 Å². The fourth-order valence-electron chi connectivity index (χ4n) is 9.43. The van der Waals surface area contributed by atoms with Gasteiger partial charge in [0.25, 0.3) is 0 Å². The number of aliphatic imine (C=N–C) groups is 2. The summed E-state index contributed by atoms with van der Waals surface area (Å²) in [6.45, 7) is 0. The standard InChI is InChI=1S/C59H41N5/c1-4-15-41(16-5-1)53-23-14-24-54(62-59(61-53)42-17-6-2-7-18-42)46-35-45(38-60-39-46)43-30-34-57-52(36-43)50-22-11-13-26-56(50)63(57)48-31-27-40(28-32-48)44-29-33-51-49-21-10-12-25-55(49)64(58(51)37-44)47-19-8-3-9-20-47/h1-13,15-23,25-39H,14,24H2/b53-23-,61-59-,62-54+. The van der Waals surface area contributed by atoms with Gasteiger partial charge in [-0.25, -0.2) is 9.98 Å². The number of rotatable bonds is 7. The molecular formula is C59H41N5. The lowest BCUT2D eigenvalue weighted by atomic mass is 9.99. The quantitative estimate of drug-likeness (QED) is 0.158. The molecule has 4 heterocycles. The molecule has 0 saturated carbocycles. The van der Waals surface area contributed by atoms with Gasteiger partial charge in [0.1, 0.15) is 0 Å². The summed E-state index contributed by atoms with van der Waals surface area (Å²) in [5, 5.41) is 4.92. The lowest BCUT2D eigenvalue weighted by Crippen LogP contribution is -2.09. The summed E-state index contributed by atoms with van der Waals surface area (Å²) in [5.41, 5.74) is 16.5. The van der Waals surface area contributed by atoms with Crippen LogP contribution in [0.25, 0.3) is 82.9 Å². The summed E-state index contributed by atoms with van der Waals surface area (Å²) in [4.78, 5) is 15.2. The highest BCUT2D eigenvalue weighted by molar-refractivity contribution is 6.15. The van der Waals surface area contributed by atoms with Crippen LogP contribution in [0, 0.1) is 0 Å². The van der Waals surface area contributed by atoms with Crippen LogP contribution in [0.5, 0.6) is 0 Å². The average molecular weight is 820 g/mol. The third kappa shape index (κ3) is 6.62. The van der Waals surface area contributed by atoms with E-state index in [4.69, 9.17) is 15.0 Å². The first-order valence-electron chi connectivity index (χ1n) is 21.9. The van der Waals surface area contributed by atoms with Gasteiger partial charge in [0.2, 0.25) is 0 Å². The van der Waals surface area contributed by atoms with Gasteiger partial charge < -0.3 is 9.13 Å². The van der Waals surface area contributed by atoms with Crippen molar-refractivity contribution >= 4 is 60.9 Å². The first-order chi connectivity index (χ1) is 31.7. The lowest BCUT2D eigenvalue weighted by molar-refractivity contribution is 1.08. The van der Waals surface area contributed by atoms with E-state index in [1.54, 1.807) is 0 Å². The number of amidine groups is 1. The van der Waals surface area contributed by atoms with Crippen LogP contribution in [0.2, 0.25) is 0 Å². The molecule has 1 aliphatic heterocycles. The second kappa shape index (κ2) is 15.8. The molecule has 0 atom stereocenters. The Hall–Kier alpha value is -8.41. The Balaban J connectivity index is 0.899. The summed E-state index contributed by atoms with van der Waals surface area (Å²) in [6, 6.07) is 73.5. The molecule has 0 radical (unpaired) electrons. The normalized spacial score (nSPS) is 15.6. The van der Waals surface area contributed by atoms with Gasteiger partial charge in [0.15, 0.2) is 5.84 Å². The molecule has 64 heavy (non-hydrogen) atoms. The molecule has 0 unspecified atom stereocenters. The SMILES string of the molecule is C1=C(c2ccccc2)/N=C(c2ccccc2)\N=C(\c2cncc(-c3ccc4c(c3)c3ccccc3n4-c3ccc(-c4ccc5c6ccccc6n(-c6ccccc6)c5c4)cc3)c2)CC\1. The zero-order valence-corrected chi connectivity index (χ0v) is 35.0. The second-order valence-corrected chi connectivity index (χ2v) is 16.4. The number of hydrogen-bond acceptors (Lipinski definition) is 3. The smallest absolute Gasteiger partial charge is 0.160 e. The number of nitrogens with zero attached hydrogens (tertiary/aromatic N) is 5. The number of benzene rings is 8. The molecule has 0 N–H and O–H groups in total. The average Bonchev–Trinajstić information content (AvgIpc) is 3.87. The molecule has 0 saturated heterocycles. The zero-order valence-electron chi connectivity index (χ0n) is 35.0. The van der Waals surface area contributed by atoms with Gasteiger partial charge in [-0.1, -0.05) is 152 Å². The molecule has 0 aliphatic carbocycles. The van der Waals surface area contributed by atoms with E-state index in [2.05, 4.69) is 197 Å². The molecule has 1 aliphatic rings. The second-order valence-electron chi connectivity index (χ2n) is 16.4. The van der Waals surface area contributed by atoms with Gasteiger partial charge in [-0.15, -0.1) is 0 Å². The molecule has 0 fully saturated rings. The number of para-hydroxylation sites is 3. The van der Waals surface area contributed by atoms with Crippen LogP contribution >= 0.6 is 0 Å². The Morgan fingerprint density at radius 1 is 0.344 bits per heavy atom. The number of aromatic nitrogens is 3. The Kier molecular flexibility index (Phi) is 9.23. The molecule has 3 aromatic heterocycles. The molecule has 11 aromatic rings. The molecule has 0 amide bonds. The summed E-state index contributed by atoms with van der Waals surface area (Å²) in [6.07, 6.45) is 7.71. The van der Waals surface area contributed by atoms with Crippen molar-refractivity contribution in [2.24, 2.45) is 9.98 Å². The largest absolute Gasteiger partial charge is 0.309 e. The van der Waals surface area contributed by atoms with Crippen LogP contribution in [0.4, 0.5) is 0 Å². The van der Waals surface area contributed by atoms with E-state index in [0.717, 1.165) is 69.0 Å². The van der Waals surface area contributed by atoms with E-state index in [0.29, 0.717) is 5.84 Å². The van der Waals surface area contributed by atoms with Crippen LogP contribution in [0.3, 0.4) is 0 Å². The number of hydrogen-bond donors (Lipinski definition) is 0. The number of allylic oxidation sites excluding steroid dienone is 1. The van der Waals surface area contributed by atoms with Gasteiger partial charge in [-0.2, -0.15) is 0 Å². The van der Waals surface area contributed by atoms with Crippen molar-refractivity contribution in [2.75, 3.05) is 0 Å². The zero-order chi connectivity index (χ0) is 42.4. The first kappa shape index (κ1) is 37.4. The Morgan fingerprint density at radius 2 is 0.891 bits per heavy atom. The van der Waals surface area contributed by atoms with Gasteiger partial charge in [-0.05, 0) is 95.8 Å². The maximum atomic E-state index is 5.26. The van der Waals surface area contributed by atoms with Crippen molar-refractivity contribution in [3.05, 3.63) is 241 Å². The topological polar surface area (TPSA) is 47.5 Å². The summed E-state index contributed by atoms with van der Waals surface area (Å²) in [5.74, 6) is 0.700. The Bertz CT molecular complexity index is 3630. The van der Waals surface area contributed by atoms with E-state index in [1.165, 1.54) is 49.2 Å². The van der Waals surface area contributed by atoms with Gasteiger partial charge in [0, 0.05) is 62.0 Å². The minimum Gasteiger partial charge on any atom is -0.309 e. The molecule has 302 valence electrons. The van der Waals surface area contributed by atoms with Crippen molar-refractivity contribution in [2.45, 2.75) is 12.8 Å². The van der Waals surface area contributed by atoms with Gasteiger partial charge >= 0.3 is 0 Å². The van der Waals surface area contributed by atoms with E-state index in [1.807, 2.05) is 36.7 Å². The molecule has 8 aromatic carbocycles. The maximum Gasteiger partial charge on any atom is 0.160 e. The Morgan fingerprint density at radius 3 is 1.64 bits per heavy atom. The first-order valence-corrected chi connectivity index (χ1v) is 21.9. The monoisotopic (exact) mass is 819 g/mol. The summed E-state index contributed by atoms with van der Waals surface area (Å²) < 4.78 is 4.76. The van der Waals surface area contributed by atoms with Crippen LogP contribution in [-0.2, 0) is 0 Å². The van der Waals surface area contributed by atoms with E-state index < -0.39 is 0 Å². The van der Waals surface area contributed by atoms with E-state index >= 15 is 0 Å². The van der Waals surface area contributed by atoms with Crippen molar-refractivity contribution in [1.82, 2.24) is 14.1 Å². The fraction of sp³-hybridized carbons (Fsp3) is 0.0339. The Labute approximate surface area is 371 Å². The number of fused-ring (bicyclic) bond motifs is 6. The molecule has 0 spiro atoms. The minimum absolute atomic E-state index is 0.700. The molecule has 5 heteroatoms. The van der Waals surface area contributed by atoms with Crippen LogP contribution in [-0.4, -0.2) is 25.7 Å². The van der Waals surface area contributed by atoms with Gasteiger partial charge in [-0.3, -0.25) is 4.98 Å². The highest BCUT2D eigenvalue weighted by Crippen LogP contribution is 2.38. The number of pyridine rings is 1. The van der Waals surface area contributed by atoms with Crippen molar-refractivity contribution in [3.63, 3.8) is 0 Å². The lowest BCUT2D eigenvalue weighted by Gasteiger charge is -2.14. The molecule has 12 rings (SSSR count). The third-order valence-corrected chi connectivity index (χ3v) is 12.5. The predicted molar refractivity (Wildman–Crippen MR) is 267 cm³/mol. The third-order valence-electron chi connectivity index (χ3n) is 12.5. The van der Waals surface area contributed by atoms with Crippen LogP contribution < -0.4 is 0 Å². The van der Waals surface area contributed by atoms with Gasteiger partial charge in [0.05, 0.1) is 33.5 Å². The molecule has 5 nitrogen and oxygen atoms in total.